The van der Waals surface area contributed by atoms with Crippen molar-refractivity contribution in [3.63, 3.8) is 0 Å². The summed E-state index contributed by atoms with van der Waals surface area (Å²) < 4.78 is 0. The van der Waals surface area contributed by atoms with Crippen LogP contribution in [0.25, 0.3) is 0 Å². The number of Topliss-reactive ketones (excluding diaryl/α,β-unsaturated/α-hetero) is 1. The lowest BCUT2D eigenvalue weighted by Gasteiger charge is -2.26. The number of hydrogen-bond donors (Lipinski definition) is 0. The molecule has 0 aromatic heterocycles. The number of nitrogens with zero attached hydrogens (tertiary/aromatic N) is 1. The van der Waals surface area contributed by atoms with E-state index in [2.05, 4.69) is 36.4 Å². The van der Waals surface area contributed by atoms with Gasteiger partial charge in [0.25, 0.3) is 0 Å². The minimum atomic E-state index is -2.14. The predicted octanol–water partition coefficient (Wildman–Crippen LogP) is 0.467. The summed E-state index contributed by atoms with van der Waals surface area (Å²) in [5.74, 6) is -0.00704. The maximum atomic E-state index is 12.6. The van der Waals surface area contributed by atoms with Crippen LogP contribution < -0.4 is 39.9 Å². The van der Waals surface area contributed by atoms with Gasteiger partial charge in [-0.05, 0) is 36.4 Å². The van der Waals surface area contributed by atoms with Crippen molar-refractivity contribution in [1.82, 2.24) is 0 Å². The van der Waals surface area contributed by atoms with Gasteiger partial charge in [0, 0.05) is 0 Å². The van der Waals surface area contributed by atoms with E-state index in [4.69, 9.17) is 5.26 Å². The number of nitriles is 1. The molecule has 0 unspecified atom stereocenters. The van der Waals surface area contributed by atoms with E-state index in [1.165, 1.54) is 15.9 Å². The van der Waals surface area contributed by atoms with Gasteiger partial charge in [0.15, 0.2) is 5.78 Å². The molecular formula is C22H19INOP. The maximum Gasteiger partial charge on any atom is 0.185 e. The molecule has 0 aliphatic carbocycles. The average Bonchev–Trinajstić information content (AvgIpc) is 2.68. The molecule has 3 rings (SSSR count). The van der Waals surface area contributed by atoms with Crippen LogP contribution in [0.5, 0.6) is 0 Å². The molecule has 0 heterocycles. The minimum Gasteiger partial charge on any atom is -1.00 e. The van der Waals surface area contributed by atoms with Crippen molar-refractivity contribution < 1.29 is 28.8 Å². The summed E-state index contributed by atoms with van der Waals surface area (Å²) in [6.45, 7) is 0. The van der Waals surface area contributed by atoms with Crippen molar-refractivity contribution >= 4 is 29.0 Å². The third kappa shape index (κ3) is 4.20. The fourth-order valence-electron chi connectivity index (χ4n) is 3.18. The first-order valence-electron chi connectivity index (χ1n) is 8.21. The monoisotopic (exact) mass is 471 g/mol. The number of rotatable bonds is 6. The number of carbonyl (C=O) groups excluding carboxylic acids is 1. The van der Waals surface area contributed by atoms with Crippen LogP contribution in [-0.4, -0.2) is 11.9 Å². The van der Waals surface area contributed by atoms with E-state index in [9.17, 15) is 4.79 Å². The molecule has 3 aromatic carbocycles. The number of hydrogen-bond acceptors (Lipinski definition) is 2. The standard InChI is InChI=1S/C22H19NOP.HI/c23-17-16-19(24)18-25(20-10-4-1-5-11-20,21-12-6-2-7-13-21)22-14-8-3-9-15-22;/h1-15H,16,18H2;1H/q+1;/p-1. The lowest BCUT2D eigenvalue weighted by molar-refractivity contribution is -0.115. The number of ketones is 1. The highest BCUT2D eigenvalue weighted by molar-refractivity contribution is 7.96. The second-order valence-corrected chi connectivity index (χ2v) is 9.33. The van der Waals surface area contributed by atoms with Gasteiger partial charge in [0.1, 0.15) is 29.3 Å². The molecule has 0 bridgehead atoms. The molecule has 0 N–H and O–H groups in total. The first-order chi connectivity index (χ1) is 12.3. The Labute approximate surface area is 172 Å². The molecule has 26 heavy (non-hydrogen) atoms. The van der Waals surface area contributed by atoms with Gasteiger partial charge in [-0.1, -0.05) is 54.6 Å². The van der Waals surface area contributed by atoms with Gasteiger partial charge < -0.3 is 24.0 Å². The normalized spacial score (nSPS) is 10.4. The fourth-order valence-corrected chi connectivity index (χ4v) is 7.30. The Kier molecular flexibility index (Phi) is 7.50. The van der Waals surface area contributed by atoms with Gasteiger partial charge in [-0.3, -0.25) is 4.79 Å². The third-order valence-electron chi connectivity index (χ3n) is 4.28. The van der Waals surface area contributed by atoms with E-state index in [0.717, 1.165) is 0 Å². The van der Waals surface area contributed by atoms with Gasteiger partial charge in [0.05, 0.1) is 12.5 Å². The topological polar surface area (TPSA) is 40.9 Å². The second kappa shape index (κ2) is 9.62. The van der Waals surface area contributed by atoms with Crippen molar-refractivity contribution in [2.45, 2.75) is 6.42 Å². The van der Waals surface area contributed by atoms with Crippen molar-refractivity contribution in [3.05, 3.63) is 91.0 Å². The summed E-state index contributed by atoms with van der Waals surface area (Å²) >= 11 is 0. The SMILES string of the molecule is N#CCC(=O)C[P+](c1ccccc1)(c1ccccc1)c1ccccc1.[I-]. The maximum absolute atomic E-state index is 12.6. The van der Waals surface area contributed by atoms with Gasteiger partial charge in [-0.25, -0.2) is 0 Å². The molecule has 0 aliphatic heterocycles. The predicted molar refractivity (Wildman–Crippen MR) is 105 cm³/mol. The highest BCUT2D eigenvalue weighted by Crippen LogP contribution is 2.55. The smallest absolute Gasteiger partial charge is 0.185 e. The zero-order chi connectivity index (χ0) is 17.5. The fraction of sp³-hybridized carbons (Fsp3) is 0.0909. The zero-order valence-corrected chi connectivity index (χ0v) is 17.3. The largest absolute Gasteiger partial charge is 1.00 e. The Bertz CT molecular complexity index is 780. The van der Waals surface area contributed by atoms with Gasteiger partial charge in [0.2, 0.25) is 0 Å². The summed E-state index contributed by atoms with van der Waals surface area (Å²) in [6.07, 6.45) is 0.326. The Morgan fingerprint density at radius 1 is 0.731 bits per heavy atom. The molecule has 2 nitrogen and oxygen atoms in total. The Morgan fingerprint density at radius 2 is 1.08 bits per heavy atom. The lowest BCUT2D eigenvalue weighted by atomic mass is 10.3. The molecule has 0 saturated heterocycles. The van der Waals surface area contributed by atoms with Crippen LogP contribution in [0.15, 0.2) is 91.0 Å². The van der Waals surface area contributed by atoms with Gasteiger partial charge in [-0.2, -0.15) is 5.26 Å². The lowest BCUT2D eigenvalue weighted by Crippen LogP contribution is -3.00. The molecule has 130 valence electrons. The van der Waals surface area contributed by atoms with E-state index in [-0.39, 0.29) is 36.2 Å². The highest BCUT2D eigenvalue weighted by atomic mass is 127. The minimum absolute atomic E-state index is 0. The Morgan fingerprint density at radius 3 is 1.38 bits per heavy atom. The van der Waals surface area contributed by atoms with E-state index >= 15 is 0 Å². The molecule has 0 atom stereocenters. The van der Waals surface area contributed by atoms with Crippen molar-refractivity contribution in [3.8, 4) is 6.07 Å². The van der Waals surface area contributed by atoms with Gasteiger partial charge in [-0.15, -0.1) is 0 Å². The van der Waals surface area contributed by atoms with Crippen molar-refractivity contribution in [2.75, 3.05) is 6.16 Å². The molecule has 0 spiro atoms. The molecule has 0 aliphatic rings. The summed E-state index contributed by atoms with van der Waals surface area (Å²) in [7, 11) is -2.14. The Hall–Kier alpha value is -2.02. The zero-order valence-electron chi connectivity index (χ0n) is 14.3. The van der Waals surface area contributed by atoms with Crippen LogP contribution in [0, 0.1) is 11.3 Å². The number of carbonyl (C=O) groups is 1. The van der Waals surface area contributed by atoms with Crippen LogP contribution in [0.1, 0.15) is 6.42 Å². The Balaban J connectivity index is 0.00000243. The summed E-state index contributed by atoms with van der Waals surface area (Å²) in [5, 5.41) is 12.5. The van der Waals surface area contributed by atoms with E-state index < -0.39 is 7.26 Å². The van der Waals surface area contributed by atoms with Crippen LogP contribution >= 0.6 is 7.26 Å². The molecule has 0 amide bonds. The average molecular weight is 471 g/mol. The van der Waals surface area contributed by atoms with E-state index in [0.29, 0.717) is 6.16 Å². The van der Waals surface area contributed by atoms with E-state index in [1.807, 2.05) is 60.7 Å². The highest BCUT2D eigenvalue weighted by Gasteiger charge is 2.46. The number of halogens is 1. The van der Waals surface area contributed by atoms with Crippen LogP contribution in [0.3, 0.4) is 0 Å². The first-order valence-corrected chi connectivity index (χ1v) is 10.2. The molecule has 0 saturated carbocycles. The van der Waals surface area contributed by atoms with E-state index in [1.54, 1.807) is 0 Å². The van der Waals surface area contributed by atoms with Crippen LogP contribution in [-0.2, 0) is 4.79 Å². The molecule has 4 heteroatoms. The van der Waals surface area contributed by atoms with Crippen LogP contribution in [0.4, 0.5) is 0 Å². The molecule has 0 radical (unpaired) electrons. The summed E-state index contributed by atoms with van der Waals surface area (Å²) in [6, 6.07) is 32.7. The molecule has 0 fully saturated rings. The third-order valence-corrected chi connectivity index (χ3v) is 8.65. The molecular weight excluding hydrogens is 452 g/mol. The summed E-state index contributed by atoms with van der Waals surface area (Å²) in [5.41, 5.74) is 0. The first kappa shape index (κ1) is 20.3. The summed E-state index contributed by atoms with van der Waals surface area (Å²) in [4.78, 5) is 12.6. The van der Waals surface area contributed by atoms with Crippen molar-refractivity contribution in [1.29, 1.82) is 5.26 Å². The molecule has 3 aromatic rings. The number of benzene rings is 3. The quantitative estimate of drug-likeness (QED) is 0.388. The van der Waals surface area contributed by atoms with Gasteiger partial charge >= 0.3 is 0 Å². The van der Waals surface area contributed by atoms with Crippen molar-refractivity contribution in [2.24, 2.45) is 0 Å². The second-order valence-electron chi connectivity index (χ2n) is 5.85. The van der Waals surface area contributed by atoms with Crippen LogP contribution in [0.2, 0.25) is 0 Å².